The van der Waals surface area contributed by atoms with Gasteiger partial charge in [-0.1, -0.05) is 6.92 Å². The zero-order valence-corrected chi connectivity index (χ0v) is 12.2. The van der Waals surface area contributed by atoms with E-state index in [-0.39, 0.29) is 5.54 Å². The number of hydrogen-bond donors (Lipinski definition) is 1. The van der Waals surface area contributed by atoms with Gasteiger partial charge in [0.2, 0.25) is 0 Å². The van der Waals surface area contributed by atoms with Crippen molar-refractivity contribution in [2.45, 2.75) is 52.0 Å². The number of halogens is 1. The van der Waals surface area contributed by atoms with E-state index in [1.807, 2.05) is 20.0 Å². The zero-order valence-electron chi connectivity index (χ0n) is 11.5. The van der Waals surface area contributed by atoms with Crippen LogP contribution in [-0.2, 0) is 0 Å². The Morgan fingerprint density at radius 2 is 2.00 bits per heavy atom. The molecule has 18 heavy (non-hydrogen) atoms. The van der Waals surface area contributed by atoms with Crippen LogP contribution in [0.4, 0.5) is 5.82 Å². The number of nitrogens with one attached hydrogen (secondary N) is 1. The number of aromatic nitrogens is 2. The third kappa shape index (κ3) is 2.94. The van der Waals surface area contributed by atoms with Crippen LogP contribution in [0.15, 0.2) is 6.20 Å². The Morgan fingerprint density at radius 1 is 1.33 bits per heavy atom. The van der Waals surface area contributed by atoms with E-state index in [2.05, 4.69) is 22.2 Å². The van der Waals surface area contributed by atoms with Gasteiger partial charge in [0.15, 0.2) is 0 Å². The fourth-order valence-corrected chi connectivity index (χ4v) is 2.81. The van der Waals surface area contributed by atoms with Crippen LogP contribution in [0.1, 0.15) is 44.0 Å². The van der Waals surface area contributed by atoms with Crippen LogP contribution in [-0.4, -0.2) is 21.4 Å². The van der Waals surface area contributed by atoms with Crippen LogP contribution >= 0.6 is 11.6 Å². The summed E-state index contributed by atoms with van der Waals surface area (Å²) in [5.74, 6) is 2.30. The average molecular weight is 268 g/mol. The van der Waals surface area contributed by atoms with E-state index in [0.717, 1.165) is 36.0 Å². The summed E-state index contributed by atoms with van der Waals surface area (Å²) in [7, 11) is 0. The summed E-state index contributed by atoms with van der Waals surface area (Å²) in [4.78, 5) is 8.90. The van der Waals surface area contributed by atoms with Crippen molar-refractivity contribution in [1.29, 1.82) is 0 Å². The highest BCUT2D eigenvalue weighted by molar-refractivity contribution is 6.18. The largest absolute Gasteiger partial charge is 0.362 e. The minimum absolute atomic E-state index is 0.00441. The number of alkyl halides is 1. The van der Waals surface area contributed by atoms with Gasteiger partial charge >= 0.3 is 0 Å². The predicted octanol–water partition coefficient (Wildman–Crippen LogP) is 3.69. The minimum Gasteiger partial charge on any atom is -0.362 e. The van der Waals surface area contributed by atoms with Crippen molar-refractivity contribution in [3.63, 3.8) is 0 Å². The van der Waals surface area contributed by atoms with Gasteiger partial charge in [0.1, 0.15) is 5.82 Å². The minimum atomic E-state index is 0.00441. The van der Waals surface area contributed by atoms with Crippen LogP contribution in [0.3, 0.4) is 0 Å². The Balaban J connectivity index is 2.12. The van der Waals surface area contributed by atoms with Gasteiger partial charge in [-0.2, -0.15) is 0 Å². The van der Waals surface area contributed by atoms with Crippen molar-refractivity contribution in [3.05, 3.63) is 17.6 Å². The number of aryl methyl sites for hydroxylation is 2. The highest BCUT2D eigenvalue weighted by Crippen LogP contribution is 2.35. The van der Waals surface area contributed by atoms with Crippen LogP contribution in [0, 0.1) is 19.8 Å². The van der Waals surface area contributed by atoms with E-state index in [1.165, 1.54) is 12.8 Å². The van der Waals surface area contributed by atoms with E-state index in [1.54, 1.807) is 0 Å². The first-order valence-electron chi connectivity index (χ1n) is 6.69. The van der Waals surface area contributed by atoms with E-state index in [9.17, 15) is 0 Å². The molecule has 1 N–H and O–H groups in total. The van der Waals surface area contributed by atoms with Crippen LogP contribution in [0.25, 0.3) is 0 Å². The van der Waals surface area contributed by atoms with Crippen LogP contribution in [0.5, 0.6) is 0 Å². The molecule has 0 aromatic carbocycles. The van der Waals surface area contributed by atoms with Crippen molar-refractivity contribution in [2.24, 2.45) is 5.92 Å². The zero-order chi connectivity index (χ0) is 13.2. The average Bonchev–Trinajstić information content (AvgIpc) is 2.37. The van der Waals surface area contributed by atoms with Crippen LogP contribution in [0.2, 0.25) is 0 Å². The molecular formula is C14H22ClN3. The molecule has 1 aromatic heterocycles. The van der Waals surface area contributed by atoms with Gasteiger partial charge in [-0.3, -0.25) is 4.98 Å². The van der Waals surface area contributed by atoms with E-state index < -0.39 is 0 Å². The van der Waals surface area contributed by atoms with Gasteiger partial charge in [-0.25, -0.2) is 4.98 Å². The van der Waals surface area contributed by atoms with Crippen molar-refractivity contribution < 1.29 is 0 Å². The summed E-state index contributed by atoms with van der Waals surface area (Å²) >= 11 is 6.20. The predicted molar refractivity (Wildman–Crippen MR) is 76.2 cm³/mol. The van der Waals surface area contributed by atoms with Gasteiger partial charge in [0.05, 0.1) is 23.1 Å². The molecule has 4 heteroatoms. The summed E-state index contributed by atoms with van der Waals surface area (Å²) in [6.07, 6.45) is 6.52. The Kier molecular flexibility index (Phi) is 4.10. The first-order chi connectivity index (χ1) is 8.54. The number of anilines is 1. The summed E-state index contributed by atoms with van der Waals surface area (Å²) in [6.45, 7) is 6.28. The van der Waals surface area contributed by atoms with E-state index >= 15 is 0 Å². The van der Waals surface area contributed by atoms with E-state index in [0.29, 0.717) is 5.88 Å². The maximum atomic E-state index is 6.20. The molecular weight excluding hydrogens is 246 g/mol. The molecule has 1 aliphatic carbocycles. The van der Waals surface area contributed by atoms with Crippen molar-refractivity contribution in [2.75, 3.05) is 11.2 Å². The van der Waals surface area contributed by atoms with Crippen molar-refractivity contribution in [3.8, 4) is 0 Å². The van der Waals surface area contributed by atoms with Gasteiger partial charge in [0.25, 0.3) is 0 Å². The Morgan fingerprint density at radius 3 is 2.56 bits per heavy atom. The molecule has 100 valence electrons. The molecule has 1 aliphatic rings. The first kappa shape index (κ1) is 13.6. The second-order valence-corrected chi connectivity index (χ2v) is 5.91. The lowest BCUT2D eigenvalue weighted by Gasteiger charge is -2.39. The first-order valence-corrected chi connectivity index (χ1v) is 7.22. The number of hydrogen-bond acceptors (Lipinski definition) is 3. The second kappa shape index (κ2) is 5.43. The molecule has 0 atom stereocenters. The maximum Gasteiger partial charge on any atom is 0.145 e. The molecule has 1 aromatic rings. The molecule has 2 rings (SSSR count). The smallest absolute Gasteiger partial charge is 0.145 e. The second-order valence-electron chi connectivity index (χ2n) is 5.65. The Labute approximate surface area is 114 Å². The molecule has 0 bridgehead atoms. The molecule has 0 unspecified atom stereocenters. The number of rotatable bonds is 3. The molecule has 0 spiro atoms. The third-order valence-electron chi connectivity index (χ3n) is 4.07. The lowest BCUT2D eigenvalue weighted by Crippen LogP contribution is -2.43. The molecule has 1 fully saturated rings. The van der Waals surface area contributed by atoms with E-state index in [4.69, 9.17) is 11.6 Å². The highest BCUT2D eigenvalue weighted by atomic mass is 35.5. The summed E-state index contributed by atoms with van der Waals surface area (Å²) < 4.78 is 0. The van der Waals surface area contributed by atoms with Gasteiger partial charge < -0.3 is 5.32 Å². The highest BCUT2D eigenvalue weighted by Gasteiger charge is 2.33. The maximum absolute atomic E-state index is 6.20. The normalized spacial score (nSPS) is 28.1. The van der Waals surface area contributed by atoms with Crippen LogP contribution < -0.4 is 5.32 Å². The fraction of sp³-hybridized carbons (Fsp3) is 0.714. The monoisotopic (exact) mass is 267 g/mol. The third-order valence-corrected chi connectivity index (χ3v) is 4.58. The molecule has 0 amide bonds. The molecule has 1 heterocycles. The summed E-state index contributed by atoms with van der Waals surface area (Å²) in [6, 6.07) is 0. The fourth-order valence-electron chi connectivity index (χ4n) is 2.48. The number of nitrogens with zero attached hydrogens (tertiary/aromatic N) is 2. The lowest BCUT2D eigenvalue weighted by atomic mass is 9.78. The van der Waals surface area contributed by atoms with Crippen molar-refractivity contribution in [1.82, 2.24) is 9.97 Å². The molecule has 0 radical (unpaired) electrons. The SMILES string of the molecule is Cc1ncc(NC2(CCl)CCC(C)CC2)nc1C. The quantitative estimate of drug-likeness (QED) is 0.849. The van der Waals surface area contributed by atoms with Gasteiger partial charge in [-0.15, -0.1) is 11.6 Å². The molecule has 3 nitrogen and oxygen atoms in total. The van der Waals surface area contributed by atoms with Gasteiger partial charge in [-0.05, 0) is 45.4 Å². The van der Waals surface area contributed by atoms with Gasteiger partial charge in [0, 0.05) is 5.88 Å². The summed E-state index contributed by atoms with van der Waals surface area (Å²) in [5.41, 5.74) is 1.97. The molecule has 0 aliphatic heterocycles. The molecule has 0 saturated heterocycles. The standard InChI is InChI=1S/C14H22ClN3/c1-10-4-6-14(9-15,7-5-10)18-13-8-16-11(2)12(3)17-13/h8,10H,4-7,9H2,1-3H3,(H,17,18). The van der Waals surface area contributed by atoms with Crippen molar-refractivity contribution >= 4 is 17.4 Å². The molecule has 1 saturated carbocycles. The summed E-state index contributed by atoms with van der Waals surface area (Å²) in [5, 5.41) is 3.53. The topological polar surface area (TPSA) is 37.8 Å². The Hall–Kier alpha value is -0.830. The Bertz CT molecular complexity index is 412. The lowest BCUT2D eigenvalue weighted by molar-refractivity contribution is 0.286.